The van der Waals surface area contributed by atoms with Crippen molar-refractivity contribution in [3.8, 4) is 0 Å². The van der Waals surface area contributed by atoms with Gasteiger partial charge >= 0.3 is 0 Å². The number of pyridine rings is 1. The zero-order valence-corrected chi connectivity index (χ0v) is 13.7. The average Bonchev–Trinajstić information content (AvgIpc) is 2.93. The molecule has 0 aliphatic carbocycles. The van der Waals surface area contributed by atoms with E-state index in [0.717, 1.165) is 17.1 Å². The molecule has 0 unspecified atom stereocenters. The van der Waals surface area contributed by atoms with Gasteiger partial charge < -0.3 is 5.32 Å². The highest BCUT2D eigenvalue weighted by atomic mass is 32.2. The summed E-state index contributed by atoms with van der Waals surface area (Å²) in [4.78, 5) is 5.29. The summed E-state index contributed by atoms with van der Waals surface area (Å²) >= 11 is 1.28. The van der Waals surface area contributed by atoms with Crippen molar-refractivity contribution in [3.63, 3.8) is 0 Å². The van der Waals surface area contributed by atoms with Crippen molar-refractivity contribution < 1.29 is 8.42 Å². The van der Waals surface area contributed by atoms with Crippen LogP contribution in [-0.4, -0.2) is 19.9 Å². The van der Waals surface area contributed by atoms with E-state index in [9.17, 15) is 8.42 Å². The second kappa shape index (κ2) is 7.13. The maximum atomic E-state index is 12.2. The Bertz CT molecular complexity index is 696. The third-order valence-corrected chi connectivity index (χ3v) is 5.82. The number of hydrogen-bond donors (Lipinski definition) is 2. The van der Waals surface area contributed by atoms with Gasteiger partial charge in [-0.05, 0) is 37.7 Å². The fourth-order valence-corrected chi connectivity index (χ4v) is 4.15. The summed E-state index contributed by atoms with van der Waals surface area (Å²) in [5, 5.41) is 3.18. The molecule has 2 rings (SSSR count). The molecule has 0 atom stereocenters. The quantitative estimate of drug-likeness (QED) is 0.817. The molecule has 0 saturated carbocycles. The minimum Gasteiger partial charge on any atom is -0.312 e. The van der Waals surface area contributed by atoms with Crippen molar-refractivity contribution >= 4 is 21.4 Å². The first-order valence-corrected chi connectivity index (χ1v) is 9.03. The topological polar surface area (TPSA) is 71.1 Å². The van der Waals surface area contributed by atoms with Gasteiger partial charge in [0.2, 0.25) is 10.0 Å². The molecule has 2 aromatic rings. The standard InChI is InChI=1S/C14H19N3O2S2/c1-3-15-10-13-7-8-14(20-13)21(18,19)16-9-12-6-4-5-11(2)17-12/h4-8,15-16H,3,9-10H2,1-2H3. The maximum Gasteiger partial charge on any atom is 0.250 e. The summed E-state index contributed by atoms with van der Waals surface area (Å²) in [6.45, 7) is 5.64. The summed E-state index contributed by atoms with van der Waals surface area (Å²) in [6, 6.07) is 9.03. The lowest BCUT2D eigenvalue weighted by atomic mass is 10.3. The first-order chi connectivity index (χ1) is 10.0. The van der Waals surface area contributed by atoms with Crippen LogP contribution in [0.5, 0.6) is 0 Å². The molecular weight excluding hydrogens is 306 g/mol. The second-order valence-corrected chi connectivity index (χ2v) is 7.76. The number of nitrogens with one attached hydrogen (secondary N) is 2. The van der Waals surface area contributed by atoms with Gasteiger partial charge in [-0.2, -0.15) is 0 Å². The smallest absolute Gasteiger partial charge is 0.250 e. The lowest BCUT2D eigenvalue weighted by molar-refractivity contribution is 0.582. The van der Waals surface area contributed by atoms with E-state index in [1.165, 1.54) is 11.3 Å². The van der Waals surface area contributed by atoms with Gasteiger partial charge in [-0.1, -0.05) is 13.0 Å². The first kappa shape index (κ1) is 16.1. The largest absolute Gasteiger partial charge is 0.312 e. The summed E-state index contributed by atoms with van der Waals surface area (Å²) in [5.74, 6) is 0. The normalized spacial score (nSPS) is 11.7. The molecule has 5 nitrogen and oxygen atoms in total. The SMILES string of the molecule is CCNCc1ccc(S(=O)(=O)NCc2cccc(C)n2)s1. The summed E-state index contributed by atoms with van der Waals surface area (Å²) in [7, 11) is -3.47. The van der Waals surface area contributed by atoms with E-state index in [-0.39, 0.29) is 6.54 Å². The molecule has 2 aromatic heterocycles. The van der Waals surface area contributed by atoms with Crippen LogP contribution in [-0.2, 0) is 23.1 Å². The van der Waals surface area contributed by atoms with Crippen LogP contribution in [0.2, 0.25) is 0 Å². The molecule has 0 aliphatic heterocycles. The van der Waals surface area contributed by atoms with Crippen LogP contribution in [0, 0.1) is 6.92 Å². The van der Waals surface area contributed by atoms with Crippen LogP contribution in [0.3, 0.4) is 0 Å². The van der Waals surface area contributed by atoms with E-state index in [4.69, 9.17) is 0 Å². The Kier molecular flexibility index (Phi) is 5.46. The molecular formula is C14H19N3O2S2. The molecule has 0 radical (unpaired) electrons. The highest BCUT2D eigenvalue weighted by Gasteiger charge is 2.16. The van der Waals surface area contributed by atoms with Crippen LogP contribution in [0.1, 0.15) is 23.2 Å². The van der Waals surface area contributed by atoms with E-state index in [1.54, 1.807) is 12.1 Å². The molecule has 2 N–H and O–H groups in total. The minimum atomic E-state index is -3.47. The molecule has 0 amide bonds. The Labute approximate surface area is 129 Å². The van der Waals surface area contributed by atoms with E-state index >= 15 is 0 Å². The number of aromatic nitrogens is 1. The van der Waals surface area contributed by atoms with Crippen molar-refractivity contribution in [1.82, 2.24) is 15.0 Å². The van der Waals surface area contributed by atoms with Gasteiger partial charge in [0.15, 0.2) is 0 Å². The number of aryl methyl sites for hydroxylation is 1. The number of rotatable bonds is 7. The van der Waals surface area contributed by atoms with Crippen LogP contribution >= 0.6 is 11.3 Å². The third kappa shape index (κ3) is 4.60. The molecule has 2 heterocycles. The number of hydrogen-bond acceptors (Lipinski definition) is 5. The third-order valence-electron chi connectivity index (χ3n) is 2.84. The van der Waals surface area contributed by atoms with Gasteiger partial charge in [0.25, 0.3) is 0 Å². The Hall–Kier alpha value is -1.28. The van der Waals surface area contributed by atoms with Crippen LogP contribution in [0.4, 0.5) is 0 Å². The number of thiophene rings is 1. The monoisotopic (exact) mass is 325 g/mol. The van der Waals surface area contributed by atoms with E-state index in [0.29, 0.717) is 16.4 Å². The van der Waals surface area contributed by atoms with Gasteiger partial charge in [-0.25, -0.2) is 13.1 Å². The molecule has 0 saturated heterocycles. The molecule has 7 heteroatoms. The lowest BCUT2D eigenvalue weighted by Crippen LogP contribution is -2.23. The summed E-state index contributed by atoms with van der Waals surface area (Å²) in [5.41, 5.74) is 1.58. The number of sulfonamides is 1. The van der Waals surface area contributed by atoms with Gasteiger partial charge in [0.05, 0.1) is 12.2 Å². The van der Waals surface area contributed by atoms with Crippen molar-refractivity contribution in [3.05, 3.63) is 46.6 Å². The van der Waals surface area contributed by atoms with Crippen molar-refractivity contribution in [2.24, 2.45) is 0 Å². The zero-order chi connectivity index (χ0) is 15.3. The summed E-state index contributed by atoms with van der Waals surface area (Å²) in [6.07, 6.45) is 0. The molecule has 0 fully saturated rings. The Morgan fingerprint density at radius 1 is 1.19 bits per heavy atom. The van der Waals surface area contributed by atoms with E-state index < -0.39 is 10.0 Å². The Balaban J connectivity index is 2.02. The van der Waals surface area contributed by atoms with Crippen LogP contribution in [0.15, 0.2) is 34.5 Å². The van der Waals surface area contributed by atoms with Gasteiger partial charge in [0.1, 0.15) is 4.21 Å². The Morgan fingerprint density at radius 2 is 2.00 bits per heavy atom. The minimum absolute atomic E-state index is 0.199. The lowest BCUT2D eigenvalue weighted by Gasteiger charge is -2.05. The molecule has 0 bridgehead atoms. The maximum absolute atomic E-state index is 12.2. The van der Waals surface area contributed by atoms with Crippen molar-refractivity contribution in [2.75, 3.05) is 6.54 Å². The predicted octanol–water partition coefficient (Wildman–Crippen LogP) is 2.04. The fourth-order valence-electron chi connectivity index (χ4n) is 1.78. The average molecular weight is 325 g/mol. The molecule has 0 aliphatic rings. The Morgan fingerprint density at radius 3 is 2.71 bits per heavy atom. The molecule has 114 valence electrons. The first-order valence-electron chi connectivity index (χ1n) is 6.73. The van der Waals surface area contributed by atoms with Crippen LogP contribution < -0.4 is 10.0 Å². The van der Waals surface area contributed by atoms with Crippen LogP contribution in [0.25, 0.3) is 0 Å². The number of nitrogens with zero attached hydrogens (tertiary/aromatic N) is 1. The molecule has 0 spiro atoms. The highest BCUT2D eigenvalue weighted by Crippen LogP contribution is 2.21. The highest BCUT2D eigenvalue weighted by molar-refractivity contribution is 7.91. The predicted molar refractivity (Wildman–Crippen MR) is 84.7 cm³/mol. The molecule has 0 aromatic carbocycles. The van der Waals surface area contributed by atoms with Gasteiger partial charge in [-0.15, -0.1) is 11.3 Å². The molecule has 21 heavy (non-hydrogen) atoms. The van der Waals surface area contributed by atoms with Gasteiger partial charge in [0, 0.05) is 17.1 Å². The summed E-state index contributed by atoms with van der Waals surface area (Å²) < 4.78 is 27.4. The van der Waals surface area contributed by atoms with Crippen molar-refractivity contribution in [2.45, 2.75) is 31.1 Å². The van der Waals surface area contributed by atoms with E-state index in [2.05, 4.69) is 15.0 Å². The second-order valence-electron chi connectivity index (χ2n) is 4.60. The van der Waals surface area contributed by atoms with E-state index in [1.807, 2.05) is 32.0 Å². The fraction of sp³-hybridized carbons (Fsp3) is 0.357. The zero-order valence-electron chi connectivity index (χ0n) is 12.1. The van der Waals surface area contributed by atoms with Gasteiger partial charge in [-0.3, -0.25) is 4.98 Å². The van der Waals surface area contributed by atoms with Crippen molar-refractivity contribution in [1.29, 1.82) is 0 Å².